The van der Waals surface area contributed by atoms with Crippen LogP contribution in [0.3, 0.4) is 0 Å². The summed E-state index contributed by atoms with van der Waals surface area (Å²) in [6, 6.07) is 5.86. The first kappa shape index (κ1) is 14.5. The van der Waals surface area contributed by atoms with Crippen molar-refractivity contribution in [3.63, 3.8) is 0 Å². The Balaban J connectivity index is 2.01. The smallest absolute Gasteiger partial charge is 0.253 e. The summed E-state index contributed by atoms with van der Waals surface area (Å²) >= 11 is 3.45. The number of nitrogens with one attached hydrogen (secondary N) is 1. The van der Waals surface area contributed by atoms with Crippen molar-refractivity contribution in [2.45, 2.75) is 19.8 Å². The van der Waals surface area contributed by atoms with E-state index in [9.17, 15) is 4.79 Å². The lowest BCUT2D eigenvalue weighted by molar-refractivity contribution is 0.0762. The average Bonchev–Trinajstić information content (AvgIpc) is 2.37. The Labute approximate surface area is 123 Å². The Morgan fingerprint density at radius 2 is 2.05 bits per heavy atom. The number of carbonyl (C=O) groups excluding carboxylic acids is 1. The lowest BCUT2D eigenvalue weighted by Crippen LogP contribution is -2.37. The molecule has 1 N–H and O–H groups in total. The molecule has 1 amide bonds. The van der Waals surface area contributed by atoms with E-state index in [1.165, 1.54) is 0 Å². The molecule has 1 aromatic carbocycles. The summed E-state index contributed by atoms with van der Waals surface area (Å²) in [6.07, 6.45) is 2.32. The van der Waals surface area contributed by atoms with Crippen LogP contribution in [0, 0.1) is 12.8 Å². The molecule has 1 aliphatic rings. The normalized spacial score (nSPS) is 16.4. The fourth-order valence-corrected chi connectivity index (χ4v) is 3.22. The molecular weight excluding hydrogens is 304 g/mol. The van der Waals surface area contributed by atoms with Crippen molar-refractivity contribution in [3.05, 3.63) is 33.8 Å². The maximum absolute atomic E-state index is 12.4. The van der Waals surface area contributed by atoms with Crippen molar-refractivity contribution in [1.29, 1.82) is 0 Å². The highest BCUT2D eigenvalue weighted by Gasteiger charge is 2.19. The van der Waals surface area contributed by atoms with Gasteiger partial charge in [-0.1, -0.05) is 15.9 Å². The molecule has 1 fully saturated rings. The first-order valence-corrected chi connectivity index (χ1v) is 7.59. The van der Waals surface area contributed by atoms with Gasteiger partial charge < -0.3 is 10.2 Å². The van der Waals surface area contributed by atoms with Crippen molar-refractivity contribution in [2.75, 3.05) is 26.7 Å². The third-order valence-corrected chi connectivity index (χ3v) is 4.08. The number of rotatable bonds is 3. The molecule has 19 heavy (non-hydrogen) atoms. The molecule has 0 unspecified atom stereocenters. The molecule has 1 saturated heterocycles. The van der Waals surface area contributed by atoms with Gasteiger partial charge in [0.15, 0.2) is 0 Å². The van der Waals surface area contributed by atoms with Gasteiger partial charge >= 0.3 is 0 Å². The van der Waals surface area contributed by atoms with Gasteiger partial charge in [-0.2, -0.15) is 0 Å². The molecule has 1 aliphatic heterocycles. The molecular formula is C15H21BrN2O. The van der Waals surface area contributed by atoms with Crippen molar-refractivity contribution in [3.8, 4) is 0 Å². The van der Waals surface area contributed by atoms with Gasteiger partial charge in [0.25, 0.3) is 5.91 Å². The molecule has 0 aromatic heterocycles. The lowest BCUT2D eigenvalue weighted by Gasteiger charge is -2.27. The van der Waals surface area contributed by atoms with Crippen molar-refractivity contribution >= 4 is 21.8 Å². The topological polar surface area (TPSA) is 32.3 Å². The largest absolute Gasteiger partial charge is 0.341 e. The van der Waals surface area contributed by atoms with Gasteiger partial charge in [-0.05, 0) is 62.5 Å². The van der Waals surface area contributed by atoms with Crippen LogP contribution in [0.1, 0.15) is 28.8 Å². The first-order chi connectivity index (χ1) is 9.06. The molecule has 1 aromatic rings. The van der Waals surface area contributed by atoms with Crippen LogP contribution in [-0.2, 0) is 0 Å². The second-order valence-corrected chi connectivity index (χ2v) is 6.31. The fourth-order valence-electron chi connectivity index (χ4n) is 2.61. The molecule has 0 radical (unpaired) electrons. The second kappa shape index (κ2) is 6.53. The highest BCUT2D eigenvalue weighted by atomic mass is 79.9. The van der Waals surface area contributed by atoms with Crippen LogP contribution in [0.25, 0.3) is 0 Å². The van der Waals surface area contributed by atoms with Gasteiger partial charge in [0.1, 0.15) is 0 Å². The van der Waals surface area contributed by atoms with E-state index >= 15 is 0 Å². The van der Waals surface area contributed by atoms with E-state index in [0.717, 1.165) is 48.1 Å². The van der Waals surface area contributed by atoms with Gasteiger partial charge in [0.05, 0.1) is 0 Å². The highest BCUT2D eigenvalue weighted by molar-refractivity contribution is 9.10. The SMILES string of the molecule is Cc1cc(Br)cc(C(=O)N(C)CC2CCNCC2)c1. The summed E-state index contributed by atoms with van der Waals surface area (Å²) < 4.78 is 0.964. The minimum absolute atomic E-state index is 0.114. The molecule has 0 spiro atoms. The van der Waals surface area contributed by atoms with Crippen LogP contribution >= 0.6 is 15.9 Å². The minimum Gasteiger partial charge on any atom is -0.341 e. The van der Waals surface area contributed by atoms with Gasteiger partial charge in [-0.3, -0.25) is 4.79 Å². The van der Waals surface area contributed by atoms with E-state index in [1.54, 1.807) is 0 Å². The summed E-state index contributed by atoms with van der Waals surface area (Å²) in [5.41, 5.74) is 1.87. The molecule has 0 aliphatic carbocycles. The summed E-state index contributed by atoms with van der Waals surface area (Å²) in [5.74, 6) is 0.742. The Morgan fingerprint density at radius 3 is 2.68 bits per heavy atom. The molecule has 0 atom stereocenters. The quantitative estimate of drug-likeness (QED) is 0.927. The fraction of sp³-hybridized carbons (Fsp3) is 0.533. The van der Waals surface area contributed by atoms with E-state index < -0.39 is 0 Å². The summed E-state index contributed by atoms with van der Waals surface area (Å²) in [6.45, 7) is 5.01. The zero-order valence-electron chi connectivity index (χ0n) is 11.6. The third-order valence-electron chi connectivity index (χ3n) is 3.63. The number of benzene rings is 1. The molecule has 0 bridgehead atoms. The number of piperidine rings is 1. The standard InChI is InChI=1S/C15H21BrN2O/c1-11-7-13(9-14(16)8-11)15(19)18(2)10-12-3-5-17-6-4-12/h7-9,12,17H,3-6,10H2,1-2H3. The van der Waals surface area contributed by atoms with Crippen LogP contribution < -0.4 is 5.32 Å². The number of carbonyl (C=O) groups is 1. The van der Waals surface area contributed by atoms with Gasteiger partial charge in [0.2, 0.25) is 0 Å². The first-order valence-electron chi connectivity index (χ1n) is 6.79. The monoisotopic (exact) mass is 324 g/mol. The summed E-state index contributed by atoms with van der Waals surface area (Å²) in [7, 11) is 1.90. The predicted molar refractivity (Wildman–Crippen MR) is 81.4 cm³/mol. The number of nitrogens with zero attached hydrogens (tertiary/aromatic N) is 1. The van der Waals surface area contributed by atoms with Gasteiger partial charge in [-0.15, -0.1) is 0 Å². The van der Waals surface area contributed by atoms with Crippen molar-refractivity contribution < 1.29 is 4.79 Å². The molecule has 4 heteroatoms. The van der Waals surface area contributed by atoms with Crippen LogP contribution in [0.15, 0.2) is 22.7 Å². The number of hydrogen-bond donors (Lipinski definition) is 1. The highest BCUT2D eigenvalue weighted by Crippen LogP contribution is 2.18. The molecule has 104 valence electrons. The van der Waals surface area contributed by atoms with E-state index in [1.807, 2.05) is 37.1 Å². The zero-order chi connectivity index (χ0) is 13.8. The van der Waals surface area contributed by atoms with Crippen molar-refractivity contribution in [1.82, 2.24) is 10.2 Å². The Bertz CT molecular complexity index is 435. The number of hydrogen-bond acceptors (Lipinski definition) is 2. The van der Waals surface area contributed by atoms with Gasteiger partial charge in [0, 0.05) is 23.6 Å². The Morgan fingerprint density at radius 1 is 1.37 bits per heavy atom. The second-order valence-electron chi connectivity index (χ2n) is 5.40. The van der Waals surface area contributed by atoms with Crippen LogP contribution in [0.2, 0.25) is 0 Å². The maximum Gasteiger partial charge on any atom is 0.253 e. The van der Waals surface area contributed by atoms with Gasteiger partial charge in [-0.25, -0.2) is 0 Å². The maximum atomic E-state index is 12.4. The lowest BCUT2D eigenvalue weighted by atomic mass is 9.97. The molecule has 0 saturated carbocycles. The zero-order valence-corrected chi connectivity index (χ0v) is 13.2. The number of amides is 1. The summed E-state index contributed by atoms with van der Waals surface area (Å²) in [5, 5.41) is 3.35. The molecule has 2 rings (SSSR count). The van der Waals surface area contributed by atoms with E-state index in [0.29, 0.717) is 5.92 Å². The Hall–Kier alpha value is -0.870. The molecule has 3 nitrogen and oxygen atoms in total. The number of aryl methyl sites for hydroxylation is 1. The van der Waals surface area contributed by atoms with E-state index in [-0.39, 0.29) is 5.91 Å². The summed E-state index contributed by atoms with van der Waals surface area (Å²) in [4.78, 5) is 14.3. The van der Waals surface area contributed by atoms with Crippen molar-refractivity contribution in [2.24, 2.45) is 5.92 Å². The predicted octanol–water partition coefficient (Wildman–Crippen LogP) is 2.83. The average molecular weight is 325 g/mol. The van der Waals surface area contributed by atoms with E-state index in [4.69, 9.17) is 0 Å². The minimum atomic E-state index is 0.114. The van der Waals surface area contributed by atoms with Crippen LogP contribution in [0.4, 0.5) is 0 Å². The number of halogens is 1. The van der Waals surface area contributed by atoms with E-state index in [2.05, 4.69) is 21.2 Å². The van der Waals surface area contributed by atoms with Crippen LogP contribution in [-0.4, -0.2) is 37.5 Å². The third kappa shape index (κ3) is 4.05. The molecule has 1 heterocycles. The van der Waals surface area contributed by atoms with Crippen LogP contribution in [0.5, 0.6) is 0 Å². The Kier molecular flexibility index (Phi) is 4.99.